The molecule has 3 rings (SSSR count). The first-order valence-electron chi connectivity index (χ1n) is 6.16. The molecular formula is C13H16O4S. The summed E-state index contributed by atoms with van der Waals surface area (Å²) in [7, 11) is -3.24. The number of hydrogen-bond donors (Lipinski definition) is 1. The van der Waals surface area contributed by atoms with E-state index in [1.807, 2.05) is 0 Å². The molecule has 0 amide bonds. The highest BCUT2D eigenvalue weighted by Gasteiger charge is 2.46. The molecule has 0 spiro atoms. The van der Waals surface area contributed by atoms with Gasteiger partial charge in [-0.15, -0.1) is 0 Å². The average Bonchev–Trinajstić information content (AvgIpc) is 2.89. The van der Waals surface area contributed by atoms with E-state index in [2.05, 4.69) is 0 Å². The lowest BCUT2D eigenvalue weighted by Gasteiger charge is -2.38. The van der Waals surface area contributed by atoms with Crippen LogP contribution >= 0.6 is 0 Å². The zero-order chi connectivity index (χ0) is 12.8. The lowest BCUT2D eigenvalue weighted by Crippen LogP contribution is -2.42. The molecule has 2 aliphatic rings. The zero-order valence-electron chi connectivity index (χ0n) is 10.0. The van der Waals surface area contributed by atoms with Crippen molar-refractivity contribution in [2.45, 2.75) is 23.3 Å². The van der Waals surface area contributed by atoms with E-state index in [-0.39, 0.29) is 23.0 Å². The van der Waals surface area contributed by atoms with Crippen molar-refractivity contribution >= 4 is 9.84 Å². The van der Waals surface area contributed by atoms with Crippen molar-refractivity contribution < 1.29 is 18.3 Å². The van der Waals surface area contributed by atoms with E-state index in [9.17, 15) is 13.5 Å². The number of rotatable bonds is 1. The highest BCUT2D eigenvalue weighted by molar-refractivity contribution is 7.91. The number of sulfone groups is 1. The smallest absolute Gasteiger partial charge is 0.178 e. The lowest BCUT2D eigenvalue weighted by atomic mass is 9.78. The van der Waals surface area contributed by atoms with Gasteiger partial charge >= 0.3 is 0 Å². The van der Waals surface area contributed by atoms with Crippen molar-refractivity contribution in [3.8, 4) is 0 Å². The van der Waals surface area contributed by atoms with E-state index >= 15 is 0 Å². The van der Waals surface area contributed by atoms with Gasteiger partial charge in [-0.3, -0.25) is 0 Å². The van der Waals surface area contributed by atoms with Crippen LogP contribution in [-0.2, 0) is 20.2 Å². The summed E-state index contributed by atoms with van der Waals surface area (Å²) in [6.45, 7) is 1.15. The molecule has 2 atom stereocenters. The third-order valence-electron chi connectivity index (χ3n) is 4.05. The summed E-state index contributed by atoms with van der Waals surface area (Å²) in [4.78, 5) is 0.283. The van der Waals surface area contributed by atoms with E-state index < -0.39 is 15.4 Å². The summed E-state index contributed by atoms with van der Waals surface area (Å²) in [6, 6.07) is 6.79. The van der Waals surface area contributed by atoms with E-state index in [1.165, 1.54) is 0 Å². The van der Waals surface area contributed by atoms with Gasteiger partial charge in [0.25, 0.3) is 0 Å². The molecule has 0 bridgehead atoms. The minimum atomic E-state index is -3.24. The first kappa shape index (κ1) is 12.1. The fourth-order valence-corrected chi connectivity index (χ4v) is 4.63. The molecule has 1 fully saturated rings. The minimum Gasteiger partial charge on any atom is -0.385 e. The van der Waals surface area contributed by atoms with Crippen molar-refractivity contribution in [2.75, 3.05) is 19.0 Å². The van der Waals surface area contributed by atoms with Gasteiger partial charge in [-0.25, -0.2) is 8.42 Å². The van der Waals surface area contributed by atoms with Crippen LogP contribution in [0.1, 0.15) is 18.4 Å². The third-order valence-corrected chi connectivity index (χ3v) is 5.81. The maximum atomic E-state index is 12.0. The second kappa shape index (κ2) is 4.05. The molecule has 1 N–H and O–H groups in total. The number of aliphatic hydroxyl groups is 1. The van der Waals surface area contributed by atoms with Gasteiger partial charge in [0.2, 0.25) is 0 Å². The first-order valence-corrected chi connectivity index (χ1v) is 7.82. The summed E-state index contributed by atoms with van der Waals surface area (Å²) < 4.78 is 29.4. The van der Waals surface area contributed by atoms with Gasteiger partial charge in [0.1, 0.15) is 0 Å². The molecule has 18 heavy (non-hydrogen) atoms. The summed E-state index contributed by atoms with van der Waals surface area (Å²) in [5, 5.41) is 10.9. The maximum Gasteiger partial charge on any atom is 0.178 e. The Morgan fingerprint density at radius 1 is 1.33 bits per heavy atom. The quantitative estimate of drug-likeness (QED) is 0.828. The van der Waals surface area contributed by atoms with Crippen molar-refractivity contribution in [2.24, 2.45) is 5.92 Å². The van der Waals surface area contributed by atoms with Gasteiger partial charge in [-0.1, -0.05) is 18.2 Å². The topological polar surface area (TPSA) is 63.6 Å². The highest BCUT2D eigenvalue weighted by Crippen LogP contribution is 2.44. The molecule has 0 saturated carbocycles. The van der Waals surface area contributed by atoms with Gasteiger partial charge in [0, 0.05) is 18.1 Å². The van der Waals surface area contributed by atoms with Gasteiger partial charge in [0.15, 0.2) is 9.84 Å². The van der Waals surface area contributed by atoms with Crippen LogP contribution in [0.15, 0.2) is 29.2 Å². The normalized spacial score (nSPS) is 34.2. The summed E-state index contributed by atoms with van der Waals surface area (Å²) >= 11 is 0. The van der Waals surface area contributed by atoms with E-state index in [0.717, 1.165) is 6.42 Å². The third kappa shape index (κ3) is 1.69. The fourth-order valence-electron chi connectivity index (χ4n) is 2.97. The van der Waals surface area contributed by atoms with Crippen LogP contribution < -0.4 is 0 Å². The number of hydrogen-bond acceptors (Lipinski definition) is 4. The molecule has 2 aliphatic heterocycles. The van der Waals surface area contributed by atoms with Crippen LogP contribution in [0.25, 0.3) is 0 Å². The number of ether oxygens (including phenoxy) is 1. The number of fused-ring (bicyclic) bond motifs is 1. The van der Waals surface area contributed by atoms with Crippen LogP contribution in [0.5, 0.6) is 0 Å². The molecule has 98 valence electrons. The molecule has 0 aromatic heterocycles. The SMILES string of the molecule is O=S1(=O)CCC(O)(C2CCOC2)c2ccccc21. The first-order chi connectivity index (χ1) is 8.54. The second-order valence-corrected chi connectivity index (χ2v) is 7.13. The second-order valence-electron chi connectivity index (χ2n) is 5.05. The Bertz CT molecular complexity index is 560. The van der Waals surface area contributed by atoms with E-state index in [1.54, 1.807) is 24.3 Å². The molecule has 4 nitrogen and oxygen atoms in total. The molecule has 2 unspecified atom stereocenters. The molecule has 0 radical (unpaired) electrons. The van der Waals surface area contributed by atoms with Crippen LogP contribution in [0.3, 0.4) is 0 Å². The Balaban J connectivity index is 2.14. The molecule has 2 heterocycles. The summed E-state index contributed by atoms with van der Waals surface area (Å²) in [5.74, 6) is 0.00551. The standard InChI is InChI=1S/C13H16O4S/c14-13(10-5-7-17-9-10)6-8-18(15,16)12-4-2-1-3-11(12)13/h1-4,10,14H,5-9H2. The van der Waals surface area contributed by atoms with E-state index in [4.69, 9.17) is 4.74 Å². The Morgan fingerprint density at radius 2 is 2.11 bits per heavy atom. The zero-order valence-corrected chi connectivity index (χ0v) is 10.8. The lowest BCUT2D eigenvalue weighted by molar-refractivity contribution is -0.0343. The van der Waals surface area contributed by atoms with Crippen LogP contribution in [-0.4, -0.2) is 32.5 Å². The fraction of sp³-hybridized carbons (Fsp3) is 0.538. The summed E-state index contributed by atoms with van der Waals surface area (Å²) in [6.07, 6.45) is 1.05. The van der Waals surface area contributed by atoms with Crippen molar-refractivity contribution in [1.82, 2.24) is 0 Å². The molecule has 5 heteroatoms. The maximum absolute atomic E-state index is 12.0. The average molecular weight is 268 g/mol. The Morgan fingerprint density at radius 3 is 2.83 bits per heavy atom. The molecule has 0 aliphatic carbocycles. The van der Waals surface area contributed by atoms with Gasteiger partial charge in [-0.2, -0.15) is 0 Å². The van der Waals surface area contributed by atoms with Crippen molar-refractivity contribution in [3.63, 3.8) is 0 Å². The predicted molar refractivity (Wildman–Crippen MR) is 65.9 cm³/mol. The monoisotopic (exact) mass is 268 g/mol. The van der Waals surface area contributed by atoms with E-state index in [0.29, 0.717) is 18.8 Å². The largest absolute Gasteiger partial charge is 0.385 e. The minimum absolute atomic E-state index is 0.00542. The molecule has 1 aromatic rings. The van der Waals surface area contributed by atoms with Crippen LogP contribution in [0, 0.1) is 5.92 Å². The predicted octanol–water partition coefficient (Wildman–Crippen LogP) is 1.09. The Labute approximate surface area is 107 Å². The van der Waals surface area contributed by atoms with Gasteiger partial charge in [0.05, 0.1) is 22.9 Å². The van der Waals surface area contributed by atoms with Gasteiger partial charge in [-0.05, 0) is 18.9 Å². The van der Waals surface area contributed by atoms with Crippen LogP contribution in [0.4, 0.5) is 0 Å². The molecular weight excluding hydrogens is 252 g/mol. The van der Waals surface area contributed by atoms with Crippen molar-refractivity contribution in [1.29, 1.82) is 0 Å². The Kier molecular flexibility index (Phi) is 2.73. The van der Waals surface area contributed by atoms with Gasteiger partial charge < -0.3 is 9.84 Å². The highest BCUT2D eigenvalue weighted by atomic mass is 32.2. The van der Waals surface area contributed by atoms with Crippen molar-refractivity contribution in [3.05, 3.63) is 29.8 Å². The molecule has 1 saturated heterocycles. The Hall–Kier alpha value is -0.910. The number of benzene rings is 1. The molecule has 1 aromatic carbocycles. The summed E-state index contributed by atoms with van der Waals surface area (Å²) in [5.41, 5.74) is -0.509. The van der Waals surface area contributed by atoms with Crippen LogP contribution in [0.2, 0.25) is 0 Å².